The fourth-order valence-corrected chi connectivity index (χ4v) is 7.85. The van der Waals surface area contributed by atoms with Crippen LogP contribution in [-0.2, 0) is 9.84 Å². The first-order valence-electron chi connectivity index (χ1n) is 15.7. The highest BCUT2D eigenvalue weighted by Crippen LogP contribution is 2.41. The van der Waals surface area contributed by atoms with Crippen molar-refractivity contribution >= 4 is 38.0 Å². The van der Waals surface area contributed by atoms with Gasteiger partial charge in [-0.05, 0) is 67.4 Å². The zero-order valence-electron chi connectivity index (χ0n) is 26.5. The van der Waals surface area contributed by atoms with Gasteiger partial charge in [-0.15, -0.1) is 0 Å². The number of carbonyl (C=O) groups excluding carboxylic acids is 1. The minimum atomic E-state index is -3.94. The van der Waals surface area contributed by atoms with Crippen LogP contribution in [0.25, 0.3) is 10.9 Å². The SMILES string of the molecule is COc1ccc(S(=O)(=O)c2cnc3cc(OC)c(OC)cc3c2N2CCN(c3ccc(C(=O)NC4CCCCC4)cc3)CC2)cc1. The Morgan fingerprint density at radius 1 is 0.804 bits per heavy atom. The van der Waals surface area contributed by atoms with Gasteiger partial charge in [0.1, 0.15) is 10.6 Å². The maximum atomic E-state index is 14.1. The number of hydrogen-bond donors (Lipinski definition) is 1. The molecule has 0 spiro atoms. The third kappa shape index (κ3) is 6.28. The molecule has 11 heteroatoms. The maximum absolute atomic E-state index is 14.1. The highest BCUT2D eigenvalue weighted by atomic mass is 32.2. The van der Waals surface area contributed by atoms with E-state index >= 15 is 0 Å². The second-order valence-electron chi connectivity index (χ2n) is 11.7. The van der Waals surface area contributed by atoms with Crippen molar-refractivity contribution in [3.63, 3.8) is 0 Å². The monoisotopic (exact) mass is 644 g/mol. The minimum absolute atomic E-state index is 0.0227. The lowest BCUT2D eigenvalue weighted by atomic mass is 9.95. The first kappa shape index (κ1) is 31.5. The summed E-state index contributed by atoms with van der Waals surface area (Å²) in [6.45, 7) is 2.46. The van der Waals surface area contributed by atoms with Gasteiger partial charge in [0, 0.05) is 61.1 Å². The summed E-state index contributed by atoms with van der Waals surface area (Å²) < 4.78 is 44.6. The quantitative estimate of drug-likeness (QED) is 0.253. The van der Waals surface area contributed by atoms with Gasteiger partial charge < -0.3 is 29.3 Å². The molecule has 1 N–H and O–H groups in total. The molecule has 2 aliphatic rings. The Bertz CT molecular complexity index is 1800. The van der Waals surface area contributed by atoms with Crippen molar-refractivity contribution in [1.82, 2.24) is 10.3 Å². The van der Waals surface area contributed by atoms with E-state index < -0.39 is 9.84 Å². The Morgan fingerprint density at radius 3 is 2.07 bits per heavy atom. The number of aromatic nitrogens is 1. The van der Waals surface area contributed by atoms with Crippen molar-refractivity contribution in [1.29, 1.82) is 0 Å². The summed E-state index contributed by atoms with van der Waals surface area (Å²) >= 11 is 0. The molecule has 0 bridgehead atoms. The molecule has 1 aliphatic carbocycles. The highest BCUT2D eigenvalue weighted by molar-refractivity contribution is 7.91. The number of anilines is 2. The zero-order valence-corrected chi connectivity index (χ0v) is 27.3. The topological polar surface area (TPSA) is 110 Å². The molecular weight excluding hydrogens is 604 g/mol. The summed E-state index contributed by atoms with van der Waals surface area (Å²) in [5.41, 5.74) is 2.86. The van der Waals surface area contributed by atoms with Crippen molar-refractivity contribution in [3.05, 3.63) is 72.4 Å². The number of nitrogens with one attached hydrogen (secondary N) is 1. The van der Waals surface area contributed by atoms with Gasteiger partial charge in [-0.2, -0.15) is 0 Å². The van der Waals surface area contributed by atoms with Gasteiger partial charge in [-0.1, -0.05) is 19.3 Å². The van der Waals surface area contributed by atoms with E-state index in [1.54, 1.807) is 57.7 Å². The summed E-state index contributed by atoms with van der Waals surface area (Å²) in [5, 5.41) is 3.85. The number of piperazine rings is 1. The number of hydrogen-bond acceptors (Lipinski definition) is 9. The van der Waals surface area contributed by atoms with E-state index in [1.165, 1.54) is 25.5 Å². The molecule has 1 saturated carbocycles. The predicted octanol–water partition coefficient (Wildman–Crippen LogP) is 5.48. The van der Waals surface area contributed by atoms with E-state index in [-0.39, 0.29) is 21.7 Å². The number of amides is 1. The number of carbonyl (C=O) groups is 1. The van der Waals surface area contributed by atoms with Crippen LogP contribution in [0.5, 0.6) is 17.2 Å². The van der Waals surface area contributed by atoms with Gasteiger partial charge >= 0.3 is 0 Å². The largest absolute Gasteiger partial charge is 0.497 e. The first-order valence-corrected chi connectivity index (χ1v) is 17.2. The second-order valence-corrected chi connectivity index (χ2v) is 13.6. The number of sulfone groups is 1. The molecule has 6 rings (SSSR count). The van der Waals surface area contributed by atoms with E-state index in [0.29, 0.717) is 65.6 Å². The van der Waals surface area contributed by atoms with Crippen LogP contribution in [0.2, 0.25) is 0 Å². The maximum Gasteiger partial charge on any atom is 0.251 e. The number of nitrogens with zero attached hydrogens (tertiary/aromatic N) is 3. The van der Waals surface area contributed by atoms with E-state index in [4.69, 9.17) is 14.2 Å². The number of rotatable bonds is 9. The Labute approximate surface area is 270 Å². The normalized spacial score (nSPS) is 15.9. The van der Waals surface area contributed by atoms with Crippen LogP contribution in [-0.4, -0.2) is 72.9 Å². The lowest BCUT2D eigenvalue weighted by molar-refractivity contribution is 0.0927. The molecule has 0 unspecified atom stereocenters. The fourth-order valence-electron chi connectivity index (χ4n) is 6.42. The lowest BCUT2D eigenvalue weighted by Crippen LogP contribution is -2.47. The Balaban J connectivity index is 1.28. The third-order valence-corrected chi connectivity index (χ3v) is 10.8. The third-order valence-electron chi connectivity index (χ3n) is 9.00. The number of fused-ring (bicyclic) bond motifs is 1. The molecule has 1 aromatic heterocycles. The molecule has 0 atom stereocenters. The number of benzene rings is 3. The van der Waals surface area contributed by atoms with Crippen molar-refractivity contribution in [2.24, 2.45) is 0 Å². The van der Waals surface area contributed by atoms with Gasteiger partial charge in [0.15, 0.2) is 11.5 Å². The standard InChI is InChI=1S/C35H40N4O6S/c1-43-27-13-15-28(16-14-27)46(41,42)33-23-36-30-22-32(45-3)31(44-2)21-29(30)34(33)39-19-17-38(18-20-39)26-11-9-24(10-12-26)35(40)37-25-7-5-4-6-8-25/h9-16,21-23,25H,4-8,17-20H2,1-3H3,(H,37,40). The Morgan fingerprint density at radius 2 is 1.43 bits per heavy atom. The number of ether oxygens (including phenoxy) is 3. The van der Waals surface area contributed by atoms with Crippen molar-refractivity contribution in [3.8, 4) is 17.2 Å². The van der Waals surface area contributed by atoms with Gasteiger partial charge in [0.2, 0.25) is 9.84 Å². The second kappa shape index (κ2) is 13.5. The molecule has 0 radical (unpaired) electrons. The molecule has 1 saturated heterocycles. The van der Waals surface area contributed by atoms with Gasteiger partial charge in [-0.25, -0.2) is 8.42 Å². The molecule has 1 aliphatic heterocycles. The molecule has 242 valence electrons. The van der Waals surface area contributed by atoms with E-state index in [1.807, 2.05) is 24.3 Å². The molecule has 46 heavy (non-hydrogen) atoms. The number of methoxy groups -OCH3 is 3. The Kier molecular flexibility index (Phi) is 9.21. The smallest absolute Gasteiger partial charge is 0.251 e. The van der Waals surface area contributed by atoms with Crippen LogP contribution in [0.4, 0.5) is 11.4 Å². The van der Waals surface area contributed by atoms with E-state index in [2.05, 4.69) is 20.1 Å². The van der Waals surface area contributed by atoms with Crippen LogP contribution in [0.15, 0.2) is 76.7 Å². The molecule has 2 fully saturated rings. The van der Waals surface area contributed by atoms with Crippen LogP contribution >= 0.6 is 0 Å². The molecule has 1 amide bonds. The lowest BCUT2D eigenvalue weighted by Gasteiger charge is -2.38. The van der Waals surface area contributed by atoms with E-state index in [9.17, 15) is 13.2 Å². The molecule has 10 nitrogen and oxygen atoms in total. The molecule has 3 aromatic carbocycles. The van der Waals surface area contributed by atoms with Gasteiger partial charge in [0.25, 0.3) is 5.91 Å². The zero-order chi connectivity index (χ0) is 32.3. The van der Waals surface area contributed by atoms with Crippen molar-refractivity contribution in [2.45, 2.75) is 47.9 Å². The average molecular weight is 645 g/mol. The average Bonchev–Trinajstić information content (AvgIpc) is 3.11. The molecule has 4 aromatic rings. The predicted molar refractivity (Wildman–Crippen MR) is 178 cm³/mol. The summed E-state index contributed by atoms with van der Waals surface area (Å²) in [6, 6.07) is 18.0. The van der Waals surface area contributed by atoms with Gasteiger partial charge in [-0.3, -0.25) is 9.78 Å². The summed E-state index contributed by atoms with van der Waals surface area (Å²) in [4.78, 5) is 22.0. The molecule has 2 heterocycles. The van der Waals surface area contributed by atoms with Crippen LogP contribution in [0, 0.1) is 0 Å². The van der Waals surface area contributed by atoms with Crippen LogP contribution < -0.4 is 29.3 Å². The highest BCUT2D eigenvalue weighted by Gasteiger charge is 2.30. The van der Waals surface area contributed by atoms with Crippen LogP contribution in [0.1, 0.15) is 42.5 Å². The van der Waals surface area contributed by atoms with Crippen molar-refractivity contribution < 1.29 is 27.4 Å². The Hall–Kier alpha value is -4.51. The summed E-state index contributed by atoms with van der Waals surface area (Å²) in [6.07, 6.45) is 7.11. The van der Waals surface area contributed by atoms with Crippen LogP contribution in [0.3, 0.4) is 0 Å². The number of pyridine rings is 1. The van der Waals surface area contributed by atoms with Crippen molar-refractivity contribution in [2.75, 3.05) is 57.3 Å². The fraction of sp³-hybridized carbons (Fsp3) is 0.371. The van der Waals surface area contributed by atoms with Gasteiger partial charge in [0.05, 0.1) is 37.4 Å². The summed E-state index contributed by atoms with van der Waals surface area (Å²) in [5.74, 6) is 1.55. The minimum Gasteiger partial charge on any atom is -0.497 e. The molecular formula is C35H40N4O6S. The summed E-state index contributed by atoms with van der Waals surface area (Å²) in [7, 11) is 0.709. The first-order chi connectivity index (χ1) is 22.3. The van der Waals surface area contributed by atoms with E-state index in [0.717, 1.165) is 18.5 Å².